The third kappa shape index (κ3) is 5.53. The number of carbonyl (C=O) groups is 1. The number of hydrogen-bond acceptors (Lipinski definition) is 8. The predicted molar refractivity (Wildman–Crippen MR) is 158 cm³/mol. The Balaban J connectivity index is 1.26. The predicted octanol–water partition coefficient (Wildman–Crippen LogP) is 5.45. The fourth-order valence-corrected chi connectivity index (χ4v) is 5.69. The monoisotopic (exact) mass is 558 g/mol. The maximum absolute atomic E-state index is 13.0. The van der Waals surface area contributed by atoms with Crippen LogP contribution in [0.4, 0.5) is 10.6 Å². The summed E-state index contributed by atoms with van der Waals surface area (Å²) >= 11 is 0. The second-order valence-electron chi connectivity index (χ2n) is 12.1. The van der Waals surface area contributed by atoms with E-state index >= 15 is 0 Å². The molecule has 2 fully saturated rings. The second-order valence-corrected chi connectivity index (χ2v) is 12.1. The molecule has 41 heavy (non-hydrogen) atoms. The molecule has 1 aliphatic heterocycles. The van der Waals surface area contributed by atoms with Crippen LogP contribution in [0.15, 0.2) is 36.5 Å². The number of benzene rings is 1. The largest absolute Gasteiger partial charge is 0.466 e. The Morgan fingerprint density at radius 2 is 1.83 bits per heavy atom. The van der Waals surface area contributed by atoms with Crippen LogP contribution in [0.1, 0.15) is 45.6 Å². The van der Waals surface area contributed by atoms with Gasteiger partial charge >= 0.3 is 6.09 Å². The number of ether oxygens (including phenoxy) is 3. The Bertz CT molecular complexity index is 1610. The molecule has 10 heteroatoms. The highest BCUT2D eigenvalue weighted by atomic mass is 16.7. The first-order valence-electron chi connectivity index (χ1n) is 14.2. The summed E-state index contributed by atoms with van der Waals surface area (Å²) < 4.78 is 18.8. The number of aromatic nitrogens is 4. The summed E-state index contributed by atoms with van der Waals surface area (Å²) in [6.07, 6.45) is 4.78. The van der Waals surface area contributed by atoms with E-state index in [1.165, 1.54) is 0 Å². The van der Waals surface area contributed by atoms with Gasteiger partial charge in [-0.05, 0) is 77.3 Å². The summed E-state index contributed by atoms with van der Waals surface area (Å²) in [6, 6.07) is 10.5. The molecule has 1 saturated carbocycles. The molecular weight excluding hydrogens is 520 g/mol. The molecule has 2 aliphatic rings. The summed E-state index contributed by atoms with van der Waals surface area (Å²) in [6.45, 7) is 9.47. The second kappa shape index (κ2) is 10.5. The Kier molecular flexibility index (Phi) is 6.97. The van der Waals surface area contributed by atoms with E-state index in [0.717, 1.165) is 76.9 Å². The topological polar surface area (TPSA) is 94.8 Å². The first kappa shape index (κ1) is 27.3. The van der Waals surface area contributed by atoms with Crippen LogP contribution in [0, 0.1) is 6.92 Å². The van der Waals surface area contributed by atoms with E-state index in [9.17, 15) is 4.79 Å². The average Bonchev–Trinajstić information content (AvgIpc) is 3.49. The average molecular weight is 559 g/mol. The molecule has 4 aromatic rings. The third-order valence-corrected chi connectivity index (χ3v) is 7.65. The van der Waals surface area contributed by atoms with Crippen LogP contribution >= 0.6 is 0 Å². The van der Waals surface area contributed by atoms with E-state index in [1.807, 2.05) is 70.1 Å². The number of rotatable bonds is 7. The minimum Gasteiger partial charge on any atom is -0.466 e. The molecule has 0 bridgehead atoms. The lowest BCUT2D eigenvalue weighted by Gasteiger charge is -2.31. The number of nitrogens with zero attached hydrogens (tertiary/aromatic N) is 6. The molecule has 1 aliphatic carbocycles. The quantitative estimate of drug-likeness (QED) is 0.276. The van der Waals surface area contributed by atoms with E-state index in [1.54, 1.807) is 11.8 Å². The van der Waals surface area contributed by atoms with Gasteiger partial charge in [-0.15, -0.1) is 0 Å². The number of methoxy groups -OCH3 is 1. The van der Waals surface area contributed by atoms with Gasteiger partial charge in [0, 0.05) is 56.0 Å². The van der Waals surface area contributed by atoms with Crippen LogP contribution in [0.25, 0.3) is 33.2 Å². The summed E-state index contributed by atoms with van der Waals surface area (Å²) in [5.41, 5.74) is 4.64. The van der Waals surface area contributed by atoms with Crippen LogP contribution < -0.4 is 9.64 Å². The molecule has 1 saturated heterocycles. The van der Waals surface area contributed by atoms with Crippen molar-refractivity contribution in [3.05, 3.63) is 42.1 Å². The van der Waals surface area contributed by atoms with Crippen molar-refractivity contribution in [1.82, 2.24) is 24.6 Å². The first-order valence-corrected chi connectivity index (χ1v) is 14.2. The Labute approximate surface area is 240 Å². The van der Waals surface area contributed by atoms with Crippen molar-refractivity contribution >= 4 is 33.8 Å². The van der Waals surface area contributed by atoms with Gasteiger partial charge in [0.2, 0.25) is 0 Å². The van der Waals surface area contributed by atoms with Crippen LogP contribution in [0.2, 0.25) is 0 Å². The van der Waals surface area contributed by atoms with E-state index in [4.69, 9.17) is 24.2 Å². The normalized spacial score (nSPS) is 17.4. The van der Waals surface area contributed by atoms with Gasteiger partial charge in [0.25, 0.3) is 0 Å². The lowest BCUT2D eigenvalue weighted by molar-refractivity contribution is 0.0158. The van der Waals surface area contributed by atoms with E-state index < -0.39 is 5.60 Å². The zero-order chi connectivity index (χ0) is 28.9. The summed E-state index contributed by atoms with van der Waals surface area (Å²) in [7, 11) is 3.52. The molecular formula is C31H38N6O4. The van der Waals surface area contributed by atoms with Gasteiger partial charge in [-0.25, -0.2) is 14.8 Å². The molecule has 0 N–H and O–H groups in total. The highest BCUT2D eigenvalue weighted by molar-refractivity contribution is 5.92. The zero-order valence-corrected chi connectivity index (χ0v) is 24.7. The van der Waals surface area contributed by atoms with Gasteiger partial charge in [0.15, 0.2) is 6.79 Å². The summed E-state index contributed by atoms with van der Waals surface area (Å²) in [5.74, 6) is 1.61. The van der Waals surface area contributed by atoms with Crippen molar-refractivity contribution in [1.29, 1.82) is 0 Å². The third-order valence-electron chi connectivity index (χ3n) is 7.65. The van der Waals surface area contributed by atoms with E-state index in [-0.39, 0.29) is 25.0 Å². The van der Waals surface area contributed by atoms with Crippen molar-refractivity contribution in [3.8, 4) is 17.0 Å². The summed E-state index contributed by atoms with van der Waals surface area (Å²) in [4.78, 5) is 27.2. The first-order chi connectivity index (χ1) is 19.6. The molecule has 1 atom stereocenters. The van der Waals surface area contributed by atoms with Gasteiger partial charge in [-0.3, -0.25) is 4.68 Å². The minimum atomic E-state index is -0.507. The molecule has 0 spiro atoms. The van der Waals surface area contributed by atoms with Crippen LogP contribution in [-0.2, 0) is 16.5 Å². The van der Waals surface area contributed by atoms with Gasteiger partial charge in [0.1, 0.15) is 17.2 Å². The van der Waals surface area contributed by atoms with Gasteiger partial charge in [-0.2, -0.15) is 5.10 Å². The standard InChI is InChI=1S/C31H38N6O4/c1-19-28-20(16-35(5)34-28)15-23(29(19)40-18-39-6)24-9-10-26-25(32-24)11-12-27(33-26)36-14-13-22(17-36)37(21-7-8-21)30(38)41-31(2,3)4/h9-12,15-16,21-22H,7-8,13-14,17-18H2,1-6H3. The molecule has 4 heterocycles. The number of aryl methyl sites for hydroxylation is 2. The molecule has 10 nitrogen and oxygen atoms in total. The highest BCUT2D eigenvalue weighted by Gasteiger charge is 2.42. The highest BCUT2D eigenvalue weighted by Crippen LogP contribution is 2.38. The fourth-order valence-electron chi connectivity index (χ4n) is 5.69. The van der Waals surface area contributed by atoms with Crippen LogP contribution in [0.5, 0.6) is 5.75 Å². The number of fused-ring (bicyclic) bond motifs is 2. The van der Waals surface area contributed by atoms with Crippen LogP contribution in [0.3, 0.4) is 0 Å². The molecule has 0 radical (unpaired) electrons. The molecule has 1 aromatic carbocycles. The SMILES string of the molecule is COCOc1c(-c2ccc3nc(N4CCC(N(C(=O)OC(C)(C)C)C5CC5)C4)ccc3n2)cc2cn(C)nc2c1C. The molecule has 3 aromatic heterocycles. The Morgan fingerprint density at radius 1 is 1.07 bits per heavy atom. The number of pyridine rings is 2. The number of carbonyl (C=O) groups excluding carboxylic acids is 1. The number of anilines is 1. The van der Waals surface area contributed by atoms with Crippen molar-refractivity contribution in [2.45, 2.75) is 64.6 Å². The Morgan fingerprint density at radius 3 is 2.56 bits per heavy atom. The lowest BCUT2D eigenvalue weighted by atomic mass is 10.0. The van der Waals surface area contributed by atoms with Crippen molar-refractivity contribution in [3.63, 3.8) is 0 Å². The van der Waals surface area contributed by atoms with Gasteiger partial charge in [0.05, 0.1) is 28.3 Å². The molecule has 1 unspecified atom stereocenters. The van der Waals surface area contributed by atoms with Crippen molar-refractivity contribution in [2.75, 3.05) is 31.9 Å². The van der Waals surface area contributed by atoms with E-state index in [0.29, 0.717) is 5.75 Å². The number of amides is 1. The molecule has 216 valence electrons. The van der Waals surface area contributed by atoms with Crippen LogP contribution in [-0.4, -0.2) is 75.4 Å². The van der Waals surface area contributed by atoms with Gasteiger partial charge in [-0.1, -0.05) is 0 Å². The smallest absolute Gasteiger partial charge is 0.410 e. The van der Waals surface area contributed by atoms with Crippen molar-refractivity contribution in [2.24, 2.45) is 7.05 Å². The maximum Gasteiger partial charge on any atom is 0.410 e. The maximum atomic E-state index is 13.0. The lowest BCUT2D eigenvalue weighted by Crippen LogP contribution is -2.46. The molecule has 6 rings (SSSR count). The van der Waals surface area contributed by atoms with E-state index in [2.05, 4.69) is 16.1 Å². The Hall–Kier alpha value is -3.92. The number of hydrogen-bond donors (Lipinski definition) is 0. The van der Waals surface area contributed by atoms with Gasteiger partial charge < -0.3 is 24.0 Å². The summed E-state index contributed by atoms with van der Waals surface area (Å²) in [5, 5.41) is 5.62. The van der Waals surface area contributed by atoms with Crippen molar-refractivity contribution < 1.29 is 19.0 Å². The fraction of sp³-hybridized carbons (Fsp3) is 0.484. The zero-order valence-electron chi connectivity index (χ0n) is 24.7. The minimum absolute atomic E-state index is 0.117. The molecule has 1 amide bonds.